The van der Waals surface area contributed by atoms with Crippen LogP contribution in [0.4, 0.5) is 0 Å². The van der Waals surface area contributed by atoms with E-state index in [0.29, 0.717) is 19.8 Å². The average Bonchev–Trinajstić information content (AvgIpc) is 2.07. The van der Waals surface area contributed by atoms with Crippen LogP contribution in [0.3, 0.4) is 0 Å². The fourth-order valence-electron chi connectivity index (χ4n) is 0.952. The third-order valence-corrected chi connectivity index (χ3v) is 1.48. The molecule has 0 spiro atoms. The summed E-state index contributed by atoms with van der Waals surface area (Å²) in [5, 5.41) is 3.05. The van der Waals surface area contributed by atoms with Crippen LogP contribution in [0.25, 0.3) is 0 Å². The highest BCUT2D eigenvalue weighted by atomic mass is 35.5. The van der Waals surface area contributed by atoms with Crippen molar-refractivity contribution in [3.8, 4) is 0 Å². The van der Waals surface area contributed by atoms with Gasteiger partial charge in [0.05, 0.1) is 13.2 Å². The van der Waals surface area contributed by atoms with E-state index in [1.807, 2.05) is 0 Å². The molecule has 0 amide bonds. The van der Waals surface area contributed by atoms with Gasteiger partial charge < -0.3 is 14.8 Å². The Hall–Kier alpha value is -0.0300. The highest BCUT2D eigenvalue weighted by Crippen LogP contribution is 1.98. The van der Waals surface area contributed by atoms with Gasteiger partial charge in [0.1, 0.15) is 0 Å². The van der Waals surface area contributed by atoms with Crippen molar-refractivity contribution in [2.45, 2.75) is 13.0 Å². The second kappa shape index (κ2) is 8.56. The molecule has 6 heteroatoms. The molecule has 0 radical (unpaired) electrons. The molecule has 80 valence electrons. The highest BCUT2D eigenvalue weighted by Gasteiger charge is 2.22. The lowest BCUT2D eigenvalue weighted by molar-refractivity contribution is -0.158. The lowest BCUT2D eigenvalue weighted by Gasteiger charge is -2.21. The number of carbonyl (C=O) groups is 1. The Morgan fingerprint density at radius 3 is 2.77 bits per heavy atom. The first kappa shape index (κ1) is 15.4. The molecule has 1 saturated heterocycles. The van der Waals surface area contributed by atoms with Gasteiger partial charge in [0.25, 0.3) is 0 Å². The lowest BCUT2D eigenvalue weighted by atomic mass is 10.3. The molecule has 1 atom stereocenters. The van der Waals surface area contributed by atoms with E-state index in [1.54, 1.807) is 6.92 Å². The number of ether oxygens (including phenoxy) is 2. The molecular formula is C7H15Cl2NO3. The molecule has 1 aliphatic heterocycles. The van der Waals surface area contributed by atoms with Crippen LogP contribution in [0.5, 0.6) is 0 Å². The van der Waals surface area contributed by atoms with Gasteiger partial charge in [-0.2, -0.15) is 0 Å². The first-order chi connectivity index (χ1) is 5.34. The van der Waals surface area contributed by atoms with Crippen LogP contribution in [0.2, 0.25) is 0 Å². The van der Waals surface area contributed by atoms with Crippen molar-refractivity contribution in [1.82, 2.24) is 5.32 Å². The second-order valence-electron chi connectivity index (χ2n) is 2.32. The summed E-state index contributed by atoms with van der Waals surface area (Å²) in [6.07, 6.45) is -0.399. The maximum atomic E-state index is 11.0. The predicted molar refractivity (Wildman–Crippen MR) is 53.7 cm³/mol. The molecule has 0 aromatic heterocycles. The number of hydrogen-bond donors (Lipinski definition) is 1. The summed E-state index contributed by atoms with van der Waals surface area (Å²) in [5.74, 6) is -0.264. The maximum Gasteiger partial charge on any atom is 0.336 e. The van der Waals surface area contributed by atoms with Crippen molar-refractivity contribution in [1.29, 1.82) is 0 Å². The molecule has 1 aliphatic rings. The Kier molecular flexibility index (Phi) is 10.2. The lowest BCUT2D eigenvalue weighted by Crippen LogP contribution is -2.43. The van der Waals surface area contributed by atoms with E-state index < -0.39 is 6.10 Å². The SMILES string of the molecule is CCOC(=O)C1CNCCO1.Cl.Cl. The van der Waals surface area contributed by atoms with Crippen molar-refractivity contribution in [2.24, 2.45) is 0 Å². The molecule has 0 bridgehead atoms. The Labute approximate surface area is 90.2 Å². The van der Waals surface area contributed by atoms with E-state index in [1.165, 1.54) is 0 Å². The minimum Gasteiger partial charge on any atom is -0.464 e. The van der Waals surface area contributed by atoms with Crippen LogP contribution in [-0.2, 0) is 14.3 Å². The van der Waals surface area contributed by atoms with Crippen LogP contribution in [0, 0.1) is 0 Å². The van der Waals surface area contributed by atoms with Gasteiger partial charge in [0.15, 0.2) is 6.10 Å². The van der Waals surface area contributed by atoms with Gasteiger partial charge >= 0.3 is 5.97 Å². The quantitative estimate of drug-likeness (QED) is 0.699. The molecule has 0 saturated carbocycles. The zero-order valence-electron chi connectivity index (χ0n) is 7.45. The van der Waals surface area contributed by atoms with E-state index in [0.717, 1.165) is 6.54 Å². The van der Waals surface area contributed by atoms with Crippen LogP contribution < -0.4 is 5.32 Å². The van der Waals surface area contributed by atoms with Gasteiger partial charge in [-0.1, -0.05) is 0 Å². The molecule has 1 fully saturated rings. The van der Waals surface area contributed by atoms with Gasteiger partial charge in [-0.25, -0.2) is 4.79 Å². The van der Waals surface area contributed by atoms with Crippen molar-refractivity contribution in [3.63, 3.8) is 0 Å². The normalized spacial score (nSPS) is 20.8. The van der Waals surface area contributed by atoms with E-state index in [9.17, 15) is 4.79 Å². The molecule has 0 aromatic rings. The second-order valence-corrected chi connectivity index (χ2v) is 2.32. The van der Waals surface area contributed by atoms with Crippen LogP contribution >= 0.6 is 24.8 Å². The molecule has 0 aliphatic carbocycles. The summed E-state index contributed by atoms with van der Waals surface area (Å²) in [7, 11) is 0. The summed E-state index contributed by atoms with van der Waals surface area (Å²) in [5.41, 5.74) is 0. The van der Waals surface area contributed by atoms with Crippen molar-refractivity contribution in [3.05, 3.63) is 0 Å². The standard InChI is InChI=1S/C7H13NO3.2ClH/c1-2-10-7(9)6-5-8-3-4-11-6;;/h6,8H,2-5H2,1H3;2*1H. The fourth-order valence-corrected chi connectivity index (χ4v) is 0.952. The Morgan fingerprint density at radius 2 is 2.31 bits per heavy atom. The Morgan fingerprint density at radius 1 is 1.62 bits per heavy atom. The van der Waals surface area contributed by atoms with Gasteiger partial charge in [-0.05, 0) is 6.92 Å². The minimum absolute atomic E-state index is 0. The van der Waals surface area contributed by atoms with Gasteiger partial charge in [0.2, 0.25) is 0 Å². The number of rotatable bonds is 2. The molecular weight excluding hydrogens is 217 g/mol. The van der Waals surface area contributed by atoms with E-state index >= 15 is 0 Å². The molecule has 0 aromatic carbocycles. The molecule has 13 heavy (non-hydrogen) atoms. The van der Waals surface area contributed by atoms with Crippen LogP contribution in [0.15, 0.2) is 0 Å². The predicted octanol–water partition coefficient (Wildman–Crippen LogP) is 0.382. The minimum atomic E-state index is -0.399. The largest absolute Gasteiger partial charge is 0.464 e. The molecule has 1 rings (SSSR count). The van der Waals surface area contributed by atoms with Crippen molar-refractivity contribution < 1.29 is 14.3 Å². The molecule has 4 nitrogen and oxygen atoms in total. The summed E-state index contributed by atoms with van der Waals surface area (Å²) >= 11 is 0. The van der Waals surface area contributed by atoms with Gasteiger partial charge in [-0.3, -0.25) is 0 Å². The first-order valence-electron chi connectivity index (χ1n) is 3.83. The summed E-state index contributed by atoms with van der Waals surface area (Å²) in [4.78, 5) is 11.0. The first-order valence-corrected chi connectivity index (χ1v) is 3.83. The summed E-state index contributed by atoms with van der Waals surface area (Å²) in [6, 6.07) is 0. The number of nitrogens with one attached hydrogen (secondary N) is 1. The number of carbonyl (C=O) groups excluding carboxylic acids is 1. The van der Waals surface area contributed by atoms with Gasteiger partial charge in [-0.15, -0.1) is 24.8 Å². The highest BCUT2D eigenvalue weighted by molar-refractivity contribution is 5.85. The third-order valence-electron chi connectivity index (χ3n) is 1.48. The average molecular weight is 232 g/mol. The van der Waals surface area contributed by atoms with Crippen molar-refractivity contribution in [2.75, 3.05) is 26.3 Å². The van der Waals surface area contributed by atoms with Crippen LogP contribution in [0.1, 0.15) is 6.92 Å². The topological polar surface area (TPSA) is 47.6 Å². The molecule has 1 N–H and O–H groups in total. The number of esters is 1. The summed E-state index contributed by atoms with van der Waals surface area (Å²) < 4.78 is 9.93. The fraction of sp³-hybridized carbons (Fsp3) is 0.857. The number of hydrogen-bond acceptors (Lipinski definition) is 4. The smallest absolute Gasteiger partial charge is 0.336 e. The van der Waals surface area contributed by atoms with Gasteiger partial charge in [0, 0.05) is 13.1 Å². The molecule has 1 heterocycles. The monoisotopic (exact) mass is 231 g/mol. The number of morpholine rings is 1. The number of halogens is 2. The zero-order valence-corrected chi connectivity index (χ0v) is 9.08. The zero-order chi connectivity index (χ0) is 8.10. The van der Waals surface area contributed by atoms with E-state index in [2.05, 4.69) is 5.32 Å². The summed E-state index contributed by atoms with van der Waals surface area (Å²) in [6.45, 7) is 4.17. The van der Waals surface area contributed by atoms with Crippen LogP contribution in [-0.4, -0.2) is 38.4 Å². The van der Waals surface area contributed by atoms with Crippen molar-refractivity contribution >= 4 is 30.8 Å². The van der Waals surface area contributed by atoms with E-state index in [-0.39, 0.29) is 30.8 Å². The Balaban J connectivity index is 0. The van der Waals surface area contributed by atoms with E-state index in [4.69, 9.17) is 9.47 Å². The third kappa shape index (κ3) is 5.31. The molecule has 1 unspecified atom stereocenters. The maximum absolute atomic E-state index is 11.0. The Bertz CT molecular complexity index is 140.